The zero-order chi connectivity index (χ0) is 11.6. The number of hydrogen-bond acceptors (Lipinski definition) is 2. The van der Waals surface area contributed by atoms with E-state index in [4.69, 9.17) is 4.74 Å². The molecule has 1 fully saturated rings. The van der Waals surface area contributed by atoms with Gasteiger partial charge in [0.25, 0.3) is 0 Å². The molecule has 0 aromatic heterocycles. The van der Waals surface area contributed by atoms with E-state index in [0.29, 0.717) is 13.0 Å². The maximum atomic E-state index is 13.4. The minimum Gasteiger partial charge on any atom is -0.444 e. The standard InChI is InChI=1S/C11H20FNO2/c1-8-5-6-13(7-9(8)12)10(14)15-11(2,3)4/h8-9H,5-7H2,1-4H3. The van der Waals surface area contributed by atoms with Gasteiger partial charge in [0.05, 0.1) is 6.54 Å². The third-order valence-electron chi connectivity index (χ3n) is 2.52. The largest absolute Gasteiger partial charge is 0.444 e. The number of nitrogens with zero attached hydrogens (tertiary/aromatic N) is 1. The quantitative estimate of drug-likeness (QED) is 0.624. The molecule has 0 aromatic carbocycles. The fourth-order valence-corrected chi connectivity index (χ4v) is 1.51. The van der Waals surface area contributed by atoms with Crippen LogP contribution < -0.4 is 0 Å². The fourth-order valence-electron chi connectivity index (χ4n) is 1.51. The summed E-state index contributed by atoms with van der Waals surface area (Å²) in [6, 6.07) is 0. The Morgan fingerprint density at radius 1 is 1.47 bits per heavy atom. The second kappa shape index (κ2) is 4.37. The van der Waals surface area contributed by atoms with Gasteiger partial charge in [0.15, 0.2) is 0 Å². The topological polar surface area (TPSA) is 29.5 Å². The summed E-state index contributed by atoms with van der Waals surface area (Å²) in [4.78, 5) is 13.1. The lowest BCUT2D eigenvalue weighted by Crippen LogP contribution is -2.46. The predicted octanol–water partition coefficient (Wildman–Crippen LogP) is 2.60. The van der Waals surface area contributed by atoms with E-state index in [0.717, 1.165) is 0 Å². The molecule has 0 aromatic rings. The minimum atomic E-state index is -0.925. The predicted molar refractivity (Wildman–Crippen MR) is 56.5 cm³/mol. The number of halogens is 1. The van der Waals surface area contributed by atoms with Crippen LogP contribution >= 0.6 is 0 Å². The molecule has 1 heterocycles. The Bertz CT molecular complexity index is 237. The highest BCUT2D eigenvalue weighted by molar-refractivity contribution is 5.68. The van der Waals surface area contributed by atoms with Crippen LogP contribution in [0.1, 0.15) is 34.1 Å². The van der Waals surface area contributed by atoms with Crippen molar-refractivity contribution in [3.8, 4) is 0 Å². The third kappa shape index (κ3) is 3.68. The Morgan fingerprint density at radius 2 is 2.07 bits per heavy atom. The number of carbonyl (C=O) groups is 1. The van der Waals surface area contributed by atoms with Crippen LogP contribution in [0, 0.1) is 5.92 Å². The normalized spacial score (nSPS) is 27.7. The van der Waals surface area contributed by atoms with Crippen LogP contribution in [0.5, 0.6) is 0 Å². The zero-order valence-electron chi connectivity index (χ0n) is 9.92. The average Bonchev–Trinajstić information content (AvgIpc) is 2.06. The maximum absolute atomic E-state index is 13.4. The van der Waals surface area contributed by atoms with Crippen LogP contribution in [0.3, 0.4) is 0 Å². The van der Waals surface area contributed by atoms with Crippen molar-refractivity contribution in [2.45, 2.75) is 45.9 Å². The molecule has 88 valence electrons. The lowest BCUT2D eigenvalue weighted by molar-refractivity contribution is 0.00709. The van der Waals surface area contributed by atoms with Gasteiger partial charge in [-0.2, -0.15) is 0 Å². The molecule has 0 saturated carbocycles. The number of amides is 1. The molecular formula is C11H20FNO2. The number of carbonyl (C=O) groups excluding carboxylic acids is 1. The number of hydrogen-bond donors (Lipinski definition) is 0. The van der Waals surface area contributed by atoms with Gasteiger partial charge in [-0.25, -0.2) is 9.18 Å². The molecule has 1 aliphatic rings. The van der Waals surface area contributed by atoms with Crippen molar-refractivity contribution in [3.63, 3.8) is 0 Å². The van der Waals surface area contributed by atoms with E-state index in [1.54, 1.807) is 0 Å². The fraction of sp³-hybridized carbons (Fsp3) is 0.909. The summed E-state index contributed by atoms with van der Waals surface area (Å²) in [5.41, 5.74) is -0.508. The highest BCUT2D eigenvalue weighted by atomic mass is 19.1. The van der Waals surface area contributed by atoms with E-state index in [1.165, 1.54) is 4.90 Å². The van der Waals surface area contributed by atoms with E-state index in [-0.39, 0.29) is 12.5 Å². The summed E-state index contributed by atoms with van der Waals surface area (Å²) in [5, 5.41) is 0. The number of ether oxygens (including phenoxy) is 1. The molecule has 0 N–H and O–H groups in total. The molecule has 1 saturated heterocycles. The molecule has 4 heteroatoms. The molecule has 0 bridgehead atoms. The highest BCUT2D eigenvalue weighted by Gasteiger charge is 2.31. The highest BCUT2D eigenvalue weighted by Crippen LogP contribution is 2.21. The summed E-state index contributed by atoms with van der Waals surface area (Å²) in [5.74, 6) is 0.0451. The van der Waals surface area contributed by atoms with Crippen LogP contribution in [0.4, 0.5) is 9.18 Å². The smallest absolute Gasteiger partial charge is 0.410 e. The van der Waals surface area contributed by atoms with Crippen LogP contribution in [-0.2, 0) is 4.74 Å². The van der Waals surface area contributed by atoms with Gasteiger partial charge in [0, 0.05) is 6.54 Å². The van der Waals surface area contributed by atoms with Crippen LogP contribution in [-0.4, -0.2) is 35.9 Å². The molecule has 2 unspecified atom stereocenters. The molecule has 0 spiro atoms. The Morgan fingerprint density at radius 3 is 2.53 bits per heavy atom. The van der Waals surface area contributed by atoms with Crippen LogP contribution in [0.25, 0.3) is 0 Å². The zero-order valence-corrected chi connectivity index (χ0v) is 9.92. The van der Waals surface area contributed by atoms with E-state index in [9.17, 15) is 9.18 Å². The molecule has 0 radical (unpaired) electrons. The van der Waals surface area contributed by atoms with E-state index in [1.807, 2.05) is 27.7 Å². The molecule has 0 aliphatic carbocycles. The van der Waals surface area contributed by atoms with Crippen molar-refractivity contribution in [3.05, 3.63) is 0 Å². The monoisotopic (exact) mass is 217 g/mol. The first-order chi connectivity index (χ1) is 6.79. The summed E-state index contributed by atoms with van der Waals surface area (Å²) < 4.78 is 18.6. The number of rotatable bonds is 0. The third-order valence-corrected chi connectivity index (χ3v) is 2.52. The summed E-state index contributed by atoms with van der Waals surface area (Å²) in [6.45, 7) is 8.06. The molecule has 3 nitrogen and oxygen atoms in total. The minimum absolute atomic E-state index is 0.0451. The van der Waals surface area contributed by atoms with Crippen molar-refractivity contribution in [2.24, 2.45) is 5.92 Å². The Labute approximate surface area is 90.6 Å². The lowest BCUT2D eigenvalue weighted by atomic mass is 9.98. The van der Waals surface area contributed by atoms with Crippen LogP contribution in [0.15, 0.2) is 0 Å². The van der Waals surface area contributed by atoms with Crippen molar-refractivity contribution >= 4 is 6.09 Å². The molecular weight excluding hydrogens is 197 g/mol. The van der Waals surface area contributed by atoms with Gasteiger partial charge in [-0.3, -0.25) is 0 Å². The van der Waals surface area contributed by atoms with Crippen molar-refractivity contribution < 1.29 is 13.9 Å². The first kappa shape index (κ1) is 12.3. The molecule has 1 amide bonds. The van der Waals surface area contributed by atoms with E-state index < -0.39 is 17.9 Å². The Kier molecular flexibility index (Phi) is 3.58. The summed E-state index contributed by atoms with van der Waals surface area (Å²) >= 11 is 0. The lowest BCUT2D eigenvalue weighted by Gasteiger charge is -2.34. The number of likely N-dealkylation sites (tertiary alicyclic amines) is 1. The first-order valence-corrected chi connectivity index (χ1v) is 5.41. The number of piperidine rings is 1. The van der Waals surface area contributed by atoms with Crippen molar-refractivity contribution in [1.82, 2.24) is 4.90 Å². The van der Waals surface area contributed by atoms with Gasteiger partial charge in [0.1, 0.15) is 11.8 Å². The van der Waals surface area contributed by atoms with Gasteiger partial charge in [0.2, 0.25) is 0 Å². The molecule has 1 aliphatic heterocycles. The average molecular weight is 217 g/mol. The van der Waals surface area contributed by atoms with Crippen LogP contribution in [0.2, 0.25) is 0 Å². The first-order valence-electron chi connectivity index (χ1n) is 5.41. The van der Waals surface area contributed by atoms with E-state index >= 15 is 0 Å². The second-order valence-corrected chi connectivity index (χ2v) is 5.21. The molecule has 2 atom stereocenters. The van der Waals surface area contributed by atoms with E-state index in [2.05, 4.69) is 0 Å². The Balaban J connectivity index is 2.48. The molecule has 1 rings (SSSR count). The van der Waals surface area contributed by atoms with Gasteiger partial charge in [-0.1, -0.05) is 6.92 Å². The SMILES string of the molecule is CC1CCN(C(=O)OC(C)(C)C)CC1F. The summed E-state index contributed by atoms with van der Waals surface area (Å²) in [6.07, 6.45) is -0.622. The van der Waals surface area contributed by atoms with Crippen molar-refractivity contribution in [1.29, 1.82) is 0 Å². The second-order valence-electron chi connectivity index (χ2n) is 5.21. The number of alkyl halides is 1. The Hall–Kier alpha value is -0.800. The van der Waals surface area contributed by atoms with Gasteiger partial charge < -0.3 is 9.64 Å². The van der Waals surface area contributed by atoms with Gasteiger partial charge >= 0.3 is 6.09 Å². The van der Waals surface area contributed by atoms with Crippen molar-refractivity contribution in [2.75, 3.05) is 13.1 Å². The maximum Gasteiger partial charge on any atom is 0.410 e. The molecule has 15 heavy (non-hydrogen) atoms. The van der Waals surface area contributed by atoms with Gasteiger partial charge in [-0.15, -0.1) is 0 Å². The summed E-state index contributed by atoms with van der Waals surface area (Å²) in [7, 11) is 0. The van der Waals surface area contributed by atoms with Gasteiger partial charge in [-0.05, 0) is 33.1 Å².